The van der Waals surface area contributed by atoms with Crippen molar-refractivity contribution in [3.8, 4) is 5.75 Å². The Morgan fingerprint density at radius 2 is 1.63 bits per heavy atom. The zero-order valence-corrected chi connectivity index (χ0v) is 28.6. The van der Waals surface area contributed by atoms with Crippen LogP contribution >= 0.6 is 23.2 Å². The van der Waals surface area contributed by atoms with Gasteiger partial charge in [0.15, 0.2) is 0 Å². The van der Waals surface area contributed by atoms with Crippen LogP contribution in [-0.4, -0.2) is 65.0 Å². The van der Waals surface area contributed by atoms with Crippen LogP contribution < -0.4 is 15.0 Å². The molecule has 9 nitrogen and oxygen atoms in total. The first-order chi connectivity index (χ1) is 22.0. The molecule has 0 spiro atoms. The van der Waals surface area contributed by atoms with Crippen molar-refractivity contribution < 1.29 is 14.3 Å². The molecule has 1 aromatic heterocycles. The first-order valence-corrected chi connectivity index (χ1v) is 15.9. The highest BCUT2D eigenvalue weighted by atomic mass is 35.5. The van der Waals surface area contributed by atoms with Gasteiger partial charge < -0.3 is 19.9 Å². The number of aryl methyl sites for hydroxylation is 3. The molecule has 4 aromatic rings. The molecule has 46 heavy (non-hydrogen) atoms. The number of nitrogens with one attached hydrogen (secondary N) is 1. The fourth-order valence-electron chi connectivity index (χ4n) is 5.12. The van der Waals surface area contributed by atoms with Crippen molar-refractivity contribution in [2.75, 3.05) is 43.4 Å². The molecule has 0 aliphatic rings. The normalized spacial score (nSPS) is 11.0. The Bertz CT molecular complexity index is 1670. The van der Waals surface area contributed by atoms with Gasteiger partial charge in [-0.05, 0) is 93.0 Å². The van der Waals surface area contributed by atoms with Crippen molar-refractivity contribution in [2.45, 2.75) is 41.2 Å². The maximum absolute atomic E-state index is 13.8. The number of likely N-dealkylation sites (N-methyl/N-ethyl adjacent to an activating group) is 2. The Hall–Kier alpha value is -4.18. The summed E-state index contributed by atoms with van der Waals surface area (Å²) in [6, 6.07) is 17.8. The highest BCUT2D eigenvalue weighted by Gasteiger charge is 2.24. The molecule has 0 aliphatic carbocycles. The smallest absolute Gasteiger partial charge is 0.409 e. The number of rotatable bonds is 12. The van der Waals surface area contributed by atoms with E-state index in [9.17, 15) is 9.59 Å². The van der Waals surface area contributed by atoms with Crippen LogP contribution in [0.5, 0.6) is 5.75 Å². The Labute approximate surface area is 281 Å². The number of carbonyl (C=O) groups excluding carboxylic acids is 2. The lowest BCUT2D eigenvalue weighted by Crippen LogP contribution is -2.36. The molecule has 0 saturated heterocycles. The molecule has 0 aliphatic heterocycles. The summed E-state index contributed by atoms with van der Waals surface area (Å²) >= 11 is 12.8. The number of halogens is 2. The zero-order valence-electron chi connectivity index (χ0n) is 27.1. The van der Waals surface area contributed by atoms with E-state index in [0.717, 1.165) is 36.3 Å². The van der Waals surface area contributed by atoms with Crippen LogP contribution in [-0.2, 0) is 6.54 Å². The molecule has 0 radical (unpaired) electrons. The fraction of sp³-hybridized carbons (Fsp3) is 0.314. The monoisotopic (exact) mass is 662 g/mol. The van der Waals surface area contributed by atoms with Crippen LogP contribution in [0.25, 0.3) is 0 Å². The van der Waals surface area contributed by atoms with Crippen LogP contribution in [0.1, 0.15) is 46.5 Å². The topological polar surface area (TPSA) is 90.9 Å². The Morgan fingerprint density at radius 3 is 2.33 bits per heavy atom. The second kappa shape index (κ2) is 15.9. The van der Waals surface area contributed by atoms with Gasteiger partial charge in [0.1, 0.15) is 11.6 Å². The molecule has 11 heteroatoms. The van der Waals surface area contributed by atoms with Gasteiger partial charge in [0, 0.05) is 47.6 Å². The molecule has 242 valence electrons. The van der Waals surface area contributed by atoms with E-state index >= 15 is 0 Å². The molecule has 0 bridgehead atoms. The van der Waals surface area contributed by atoms with Crippen LogP contribution in [0.2, 0.25) is 10.0 Å². The first-order valence-electron chi connectivity index (χ1n) is 15.2. The molecule has 1 N–H and O–H groups in total. The minimum absolute atomic E-state index is 0.0441. The maximum atomic E-state index is 13.8. The number of hydrogen-bond donors (Lipinski definition) is 1. The molecular formula is C35H40Cl2N6O3. The summed E-state index contributed by atoms with van der Waals surface area (Å²) < 4.78 is 5.95. The molecule has 1 heterocycles. The maximum Gasteiger partial charge on any atom is 0.421 e. The van der Waals surface area contributed by atoms with Crippen LogP contribution in [0.3, 0.4) is 0 Å². The third kappa shape index (κ3) is 8.96. The third-order valence-corrected chi connectivity index (χ3v) is 8.23. The number of anilines is 3. The molecular weight excluding hydrogens is 623 g/mol. The summed E-state index contributed by atoms with van der Waals surface area (Å²) in [5.41, 5.74) is 4.52. The van der Waals surface area contributed by atoms with E-state index in [4.69, 9.17) is 27.9 Å². The summed E-state index contributed by atoms with van der Waals surface area (Å²) in [5.74, 6) is 0.909. The van der Waals surface area contributed by atoms with Gasteiger partial charge in [0.25, 0.3) is 5.91 Å². The van der Waals surface area contributed by atoms with E-state index in [-0.39, 0.29) is 24.2 Å². The van der Waals surface area contributed by atoms with Gasteiger partial charge in [0.2, 0.25) is 5.95 Å². The van der Waals surface area contributed by atoms with Gasteiger partial charge >= 0.3 is 6.09 Å². The zero-order chi connectivity index (χ0) is 33.4. The van der Waals surface area contributed by atoms with E-state index in [1.165, 1.54) is 4.90 Å². The van der Waals surface area contributed by atoms with Crippen molar-refractivity contribution in [1.82, 2.24) is 19.8 Å². The largest absolute Gasteiger partial charge is 0.421 e. The Balaban J connectivity index is 1.60. The van der Waals surface area contributed by atoms with Crippen LogP contribution in [0, 0.1) is 20.8 Å². The molecule has 0 atom stereocenters. The van der Waals surface area contributed by atoms with E-state index in [2.05, 4.69) is 34.0 Å². The van der Waals surface area contributed by atoms with Crippen molar-refractivity contribution in [3.05, 3.63) is 105 Å². The predicted molar refractivity (Wildman–Crippen MR) is 186 cm³/mol. The SMILES string of the molecule is CCN(CC)CCN(C)C(=O)c1cccc(Nc2nccc(N(Cc3cc(Cl)ccc3Cl)C(=O)Oc3c(C)cc(C)cc3C)n2)c1. The molecule has 4 rings (SSSR count). The number of ether oxygens (including phenoxy) is 1. The van der Waals surface area contributed by atoms with Crippen molar-refractivity contribution in [3.63, 3.8) is 0 Å². The highest BCUT2D eigenvalue weighted by molar-refractivity contribution is 6.33. The van der Waals surface area contributed by atoms with Gasteiger partial charge in [-0.15, -0.1) is 0 Å². The Kier molecular flexibility index (Phi) is 12.0. The number of benzene rings is 3. The van der Waals surface area contributed by atoms with E-state index in [1.807, 2.05) is 39.0 Å². The second-order valence-corrected chi connectivity index (χ2v) is 12.0. The highest BCUT2D eigenvalue weighted by Crippen LogP contribution is 2.29. The predicted octanol–water partition coefficient (Wildman–Crippen LogP) is 8.07. The molecule has 0 fully saturated rings. The lowest BCUT2D eigenvalue weighted by molar-refractivity contribution is 0.0780. The minimum atomic E-state index is -0.643. The third-order valence-electron chi connectivity index (χ3n) is 7.63. The Morgan fingerprint density at radius 1 is 0.913 bits per heavy atom. The summed E-state index contributed by atoms with van der Waals surface area (Å²) in [4.78, 5) is 41.3. The minimum Gasteiger partial charge on any atom is -0.409 e. The van der Waals surface area contributed by atoms with E-state index < -0.39 is 6.09 Å². The van der Waals surface area contributed by atoms with Gasteiger partial charge in [0.05, 0.1) is 6.54 Å². The molecule has 2 amide bonds. The average molecular weight is 664 g/mol. The number of carbonyl (C=O) groups is 2. The number of hydrogen-bond acceptors (Lipinski definition) is 7. The first kappa shape index (κ1) is 34.7. The van der Waals surface area contributed by atoms with Gasteiger partial charge in [-0.2, -0.15) is 4.98 Å². The van der Waals surface area contributed by atoms with E-state index in [0.29, 0.717) is 39.2 Å². The second-order valence-electron chi connectivity index (χ2n) is 11.1. The molecule has 3 aromatic carbocycles. The number of nitrogens with zero attached hydrogens (tertiary/aromatic N) is 5. The number of amides is 2. The van der Waals surface area contributed by atoms with Gasteiger partial charge in [-0.1, -0.05) is 60.8 Å². The van der Waals surface area contributed by atoms with Gasteiger partial charge in [-0.3, -0.25) is 9.69 Å². The lowest BCUT2D eigenvalue weighted by atomic mass is 10.1. The summed E-state index contributed by atoms with van der Waals surface area (Å²) in [5, 5.41) is 4.10. The van der Waals surface area contributed by atoms with Crippen molar-refractivity contribution >= 4 is 52.7 Å². The summed E-state index contributed by atoms with van der Waals surface area (Å²) in [7, 11) is 1.80. The standard InChI is InChI=1S/C35H40Cl2N6O3/c1-7-42(8-2)17-16-41(6)33(44)26-10-9-11-29(21-26)39-34-38-15-14-31(40-34)43(22-27-20-28(36)12-13-30(27)37)35(45)46-32-24(4)18-23(3)19-25(32)5/h9-15,18-21H,7-8,16-17,22H2,1-6H3,(H,38,39,40). The van der Waals surface area contributed by atoms with Crippen LogP contribution in [0.4, 0.5) is 22.2 Å². The quantitative estimate of drug-likeness (QED) is 0.164. The van der Waals surface area contributed by atoms with Crippen molar-refractivity contribution in [2.24, 2.45) is 0 Å². The lowest BCUT2D eigenvalue weighted by Gasteiger charge is -2.24. The van der Waals surface area contributed by atoms with E-state index in [1.54, 1.807) is 60.6 Å². The van der Waals surface area contributed by atoms with Gasteiger partial charge in [-0.25, -0.2) is 9.78 Å². The number of aromatic nitrogens is 2. The molecule has 0 saturated carbocycles. The van der Waals surface area contributed by atoms with Crippen molar-refractivity contribution in [1.29, 1.82) is 0 Å². The summed E-state index contributed by atoms with van der Waals surface area (Å²) in [6.07, 6.45) is 0.902. The average Bonchev–Trinajstić information content (AvgIpc) is 3.03. The fourth-order valence-corrected chi connectivity index (χ4v) is 5.49. The summed E-state index contributed by atoms with van der Waals surface area (Å²) in [6.45, 7) is 13.3. The van der Waals surface area contributed by atoms with Crippen LogP contribution in [0.15, 0.2) is 66.9 Å². The molecule has 0 unspecified atom stereocenters.